The minimum Gasteiger partial charge on any atom is -0.349 e. The molecule has 1 fully saturated rings. The first-order valence-electron chi connectivity index (χ1n) is 7.58. The number of pyridine rings is 1. The second-order valence-electron chi connectivity index (χ2n) is 5.59. The molecule has 2 atom stereocenters. The van der Waals surface area contributed by atoms with Crippen LogP contribution in [0.25, 0.3) is 0 Å². The average Bonchev–Trinajstić information content (AvgIpc) is 2.53. The van der Waals surface area contributed by atoms with Crippen molar-refractivity contribution in [2.24, 2.45) is 5.92 Å². The van der Waals surface area contributed by atoms with Gasteiger partial charge in [-0.2, -0.15) is 0 Å². The Morgan fingerprint density at radius 3 is 2.76 bits per heavy atom. The number of amides is 2. The molecular formula is C16H23N3O2. The standard InChI is InChI=1S/C16H23N3O2/c1-3-15(14-5-4-10-19(11-14)12(2)20)18-16(21)13-6-8-17-9-7-13/h6-9,14-15H,3-5,10-11H2,1-2H3,(H,18,21). The summed E-state index contributed by atoms with van der Waals surface area (Å²) in [6.07, 6.45) is 6.17. The Balaban J connectivity index is 1.99. The zero-order chi connectivity index (χ0) is 15.2. The van der Waals surface area contributed by atoms with Gasteiger partial charge in [0.25, 0.3) is 5.91 Å². The number of aromatic nitrogens is 1. The van der Waals surface area contributed by atoms with Crippen LogP contribution in [0.4, 0.5) is 0 Å². The van der Waals surface area contributed by atoms with Gasteiger partial charge in [0.1, 0.15) is 0 Å². The van der Waals surface area contributed by atoms with Gasteiger partial charge in [0.15, 0.2) is 0 Å². The Bertz CT molecular complexity index is 490. The van der Waals surface area contributed by atoms with Crippen LogP contribution in [-0.2, 0) is 4.79 Å². The first-order chi connectivity index (χ1) is 10.1. The van der Waals surface area contributed by atoms with Crippen LogP contribution in [0.15, 0.2) is 24.5 Å². The molecule has 0 spiro atoms. The summed E-state index contributed by atoms with van der Waals surface area (Å²) in [5.74, 6) is 0.387. The second kappa shape index (κ2) is 7.20. The molecule has 5 nitrogen and oxygen atoms in total. The van der Waals surface area contributed by atoms with Gasteiger partial charge in [-0.1, -0.05) is 6.92 Å². The lowest BCUT2D eigenvalue weighted by Gasteiger charge is -2.36. The molecule has 1 N–H and O–H groups in total. The lowest BCUT2D eigenvalue weighted by Crippen LogP contribution is -2.48. The molecule has 0 radical (unpaired) electrons. The normalized spacial score (nSPS) is 19.9. The smallest absolute Gasteiger partial charge is 0.251 e. The number of nitrogens with one attached hydrogen (secondary N) is 1. The number of carbonyl (C=O) groups excluding carboxylic acids is 2. The molecule has 2 unspecified atom stereocenters. The van der Waals surface area contributed by atoms with E-state index in [1.165, 1.54) is 0 Å². The molecule has 0 saturated carbocycles. The van der Waals surface area contributed by atoms with E-state index in [9.17, 15) is 9.59 Å². The minimum absolute atomic E-state index is 0.0656. The van der Waals surface area contributed by atoms with Crippen LogP contribution in [0.5, 0.6) is 0 Å². The van der Waals surface area contributed by atoms with Crippen molar-refractivity contribution in [3.05, 3.63) is 30.1 Å². The molecule has 1 aliphatic rings. The molecule has 114 valence electrons. The molecular weight excluding hydrogens is 266 g/mol. The van der Waals surface area contributed by atoms with Crippen LogP contribution < -0.4 is 5.32 Å². The summed E-state index contributed by atoms with van der Waals surface area (Å²) < 4.78 is 0. The van der Waals surface area contributed by atoms with Crippen molar-refractivity contribution in [3.63, 3.8) is 0 Å². The summed E-state index contributed by atoms with van der Waals surface area (Å²) in [6.45, 7) is 5.26. The second-order valence-corrected chi connectivity index (χ2v) is 5.59. The summed E-state index contributed by atoms with van der Waals surface area (Å²) in [7, 11) is 0. The third-order valence-corrected chi connectivity index (χ3v) is 4.17. The molecule has 2 rings (SSSR count). The van der Waals surface area contributed by atoms with E-state index in [4.69, 9.17) is 0 Å². The van der Waals surface area contributed by atoms with Crippen molar-refractivity contribution < 1.29 is 9.59 Å². The first kappa shape index (κ1) is 15.5. The lowest BCUT2D eigenvalue weighted by molar-refractivity contribution is -0.130. The van der Waals surface area contributed by atoms with Crippen LogP contribution in [0.2, 0.25) is 0 Å². The lowest BCUT2D eigenvalue weighted by atomic mass is 9.89. The van der Waals surface area contributed by atoms with Crippen molar-refractivity contribution >= 4 is 11.8 Å². The maximum Gasteiger partial charge on any atom is 0.251 e. The van der Waals surface area contributed by atoms with E-state index in [1.54, 1.807) is 31.5 Å². The molecule has 0 bridgehead atoms. The summed E-state index contributed by atoms with van der Waals surface area (Å²) in [6, 6.07) is 3.53. The van der Waals surface area contributed by atoms with Crippen molar-refractivity contribution in [2.75, 3.05) is 13.1 Å². The number of hydrogen-bond donors (Lipinski definition) is 1. The first-order valence-corrected chi connectivity index (χ1v) is 7.58. The van der Waals surface area contributed by atoms with Crippen LogP contribution in [0, 0.1) is 5.92 Å². The van der Waals surface area contributed by atoms with Gasteiger partial charge in [0.2, 0.25) is 5.91 Å². The van der Waals surface area contributed by atoms with Crippen molar-refractivity contribution in [1.82, 2.24) is 15.2 Å². The molecule has 21 heavy (non-hydrogen) atoms. The quantitative estimate of drug-likeness (QED) is 0.920. The van der Waals surface area contributed by atoms with E-state index >= 15 is 0 Å². The highest BCUT2D eigenvalue weighted by Crippen LogP contribution is 2.22. The molecule has 1 saturated heterocycles. The largest absolute Gasteiger partial charge is 0.349 e. The van der Waals surface area contributed by atoms with Gasteiger partial charge < -0.3 is 10.2 Å². The van der Waals surface area contributed by atoms with Gasteiger partial charge in [-0.3, -0.25) is 14.6 Å². The SMILES string of the molecule is CCC(NC(=O)c1ccncc1)C1CCCN(C(C)=O)C1. The number of hydrogen-bond acceptors (Lipinski definition) is 3. The van der Waals surface area contributed by atoms with Crippen LogP contribution >= 0.6 is 0 Å². The third kappa shape index (κ3) is 4.03. The Hall–Kier alpha value is -1.91. The Morgan fingerprint density at radius 2 is 2.14 bits per heavy atom. The van der Waals surface area contributed by atoms with Gasteiger partial charge in [-0.05, 0) is 37.3 Å². The van der Waals surface area contributed by atoms with Crippen LogP contribution in [-0.4, -0.2) is 40.8 Å². The van der Waals surface area contributed by atoms with E-state index < -0.39 is 0 Å². The highest BCUT2D eigenvalue weighted by Gasteiger charge is 2.28. The van der Waals surface area contributed by atoms with E-state index in [2.05, 4.69) is 17.2 Å². The summed E-state index contributed by atoms with van der Waals surface area (Å²) in [4.78, 5) is 29.6. The fraction of sp³-hybridized carbons (Fsp3) is 0.562. The fourth-order valence-corrected chi connectivity index (χ4v) is 2.93. The summed E-state index contributed by atoms with van der Waals surface area (Å²) in [5, 5.41) is 3.11. The number of piperidine rings is 1. The molecule has 1 aromatic heterocycles. The van der Waals surface area contributed by atoms with E-state index in [0.29, 0.717) is 11.5 Å². The topological polar surface area (TPSA) is 62.3 Å². The molecule has 0 aliphatic carbocycles. The number of carbonyl (C=O) groups is 2. The number of rotatable bonds is 4. The zero-order valence-corrected chi connectivity index (χ0v) is 12.7. The highest BCUT2D eigenvalue weighted by atomic mass is 16.2. The molecule has 2 amide bonds. The van der Waals surface area contributed by atoms with Crippen LogP contribution in [0.1, 0.15) is 43.5 Å². The van der Waals surface area contributed by atoms with E-state index in [0.717, 1.165) is 32.4 Å². The third-order valence-electron chi connectivity index (χ3n) is 4.17. The van der Waals surface area contributed by atoms with Crippen LogP contribution in [0.3, 0.4) is 0 Å². The zero-order valence-electron chi connectivity index (χ0n) is 12.7. The van der Waals surface area contributed by atoms with Gasteiger partial charge >= 0.3 is 0 Å². The molecule has 1 aromatic rings. The van der Waals surface area contributed by atoms with Gasteiger partial charge in [0.05, 0.1) is 0 Å². The molecule has 5 heteroatoms. The van der Waals surface area contributed by atoms with Gasteiger partial charge in [-0.25, -0.2) is 0 Å². The fourth-order valence-electron chi connectivity index (χ4n) is 2.93. The highest BCUT2D eigenvalue weighted by molar-refractivity contribution is 5.94. The van der Waals surface area contributed by atoms with Crippen molar-refractivity contribution in [1.29, 1.82) is 0 Å². The Morgan fingerprint density at radius 1 is 1.43 bits per heavy atom. The Labute approximate surface area is 125 Å². The maximum absolute atomic E-state index is 12.3. The Kier molecular flexibility index (Phi) is 5.31. The number of likely N-dealkylation sites (tertiary alicyclic amines) is 1. The predicted molar refractivity (Wildman–Crippen MR) is 80.8 cm³/mol. The molecule has 0 aromatic carbocycles. The molecule has 2 heterocycles. The minimum atomic E-state index is -0.0656. The van der Waals surface area contributed by atoms with E-state index in [-0.39, 0.29) is 17.9 Å². The van der Waals surface area contributed by atoms with E-state index in [1.807, 2.05) is 4.90 Å². The summed E-state index contributed by atoms with van der Waals surface area (Å²) >= 11 is 0. The summed E-state index contributed by atoms with van der Waals surface area (Å²) in [5.41, 5.74) is 0.627. The van der Waals surface area contributed by atoms with Crippen molar-refractivity contribution in [3.8, 4) is 0 Å². The van der Waals surface area contributed by atoms with Gasteiger partial charge in [-0.15, -0.1) is 0 Å². The predicted octanol–water partition coefficient (Wildman–Crippen LogP) is 1.85. The van der Waals surface area contributed by atoms with Crippen molar-refractivity contribution in [2.45, 2.75) is 39.2 Å². The average molecular weight is 289 g/mol. The maximum atomic E-state index is 12.3. The van der Waals surface area contributed by atoms with Gasteiger partial charge in [0, 0.05) is 44.0 Å². The number of nitrogens with zero attached hydrogens (tertiary/aromatic N) is 2. The monoisotopic (exact) mass is 289 g/mol. The molecule has 1 aliphatic heterocycles.